The molecule has 0 saturated heterocycles. The highest BCUT2D eigenvalue weighted by atomic mass is 14.2. The second-order valence-corrected chi connectivity index (χ2v) is 4.05. The molecule has 0 aliphatic carbocycles. The van der Waals surface area contributed by atoms with Gasteiger partial charge in [0.1, 0.15) is 0 Å². The molecule has 0 spiro atoms. The number of rotatable bonds is 7. The third kappa shape index (κ3) is 4.79. The summed E-state index contributed by atoms with van der Waals surface area (Å²) in [6.07, 6.45) is 8.39. The summed E-state index contributed by atoms with van der Waals surface area (Å²) >= 11 is 0. The Bertz CT molecular complexity index is 82.0. The molecule has 0 aromatic heterocycles. The Balaban J connectivity index is 3.47. The fourth-order valence-corrected chi connectivity index (χ4v) is 2.05. The summed E-state index contributed by atoms with van der Waals surface area (Å²) in [7, 11) is 0. The molecular weight excluding hydrogens is 144 g/mol. The lowest BCUT2D eigenvalue weighted by molar-refractivity contribution is 0.310. The van der Waals surface area contributed by atoms with Gasteiger partial charge in [-0.15, -0.1) is 0 Å². The van der Waals surface area contributed by atoms with Gasteiger partial charge in [-0.25, -0.2) is 0 Å². The van der Waals surface area contributed by atoms with E-state index in [2.05, 4.69) is 27.7 Å². The fourth-order valence-electron chi connectivity index (χ4n) is 2.05. The van der Waals surface area contributed by atoms with Gasteiger partial charge in [-0.2, -0.15) is 0 Å². The quantitative estimate of drug-likeness (QED) is 0.488. The van der Waals surface area contributed by atoms with Crippen molar-refractivity contribution in [1.29, 1.82) is 0 Å². The van der Waals surface area contributed by atoms with Gasteiger partial charge in [0.05, 0.1) is 0 Å². The van der Waals surface area contributed by atoms with Gasteiger partial charge in [-0.1, -0.05) is 66.2 Å². The van der Waals surface area contributed by atoms with E-state index in [1.807, 2.05) is 0 Å². The third-order valence-corrected chi connectivity index (χ3v) is 3.12. The molecular formula is C12H26. The third-order valence-electron chi connectivity index (χ3n) is 3.12. The van der Waals surface area contributed by atoms with Crippen molar-refractivity contribution < 1.29 is 0 Å². The first-order chi connectivity index (χ1) is 5.76. The van der Waals surface area contributed by atoms with Crippen LogP contribution in [0, 0.1) is 11.8 Å². The van der Waals surface area contributed by atoms with E-state index in [9.17, 15) is 0 Å². The van der Waals surface area contributed by atoms with Crippen molar-refractivity contribution in [3.05, 3.63) is 0 Å². The van der Waals surface area contributed by atoms with E-state index >= 15 is 0 Å². The second-order valence-electron chi connectivity index (χ2n) is 4.05. The van der Waals surface area contributed by atoms with Crippen LogP contribution in [-0.4, -0.2) is 0 Å². The number of unbranched alkanes of at least 4 members (excludes halogenated alkanes) is 2. The lowest BCUT2D eigenvalue weighted by Gasteiger charge is -2.20. The van der Waals surface area contributed by atoms with Gasteiger partial charge in [0.25, 0.3) is 0 Å². The van der Waals surface area contributed by atoms with E-state index in [0.717, 1.165) is 11.8 Å². The lowest BCUT2D eigenvalue weighted by Crippen LogP contribution is -2.09. The predicted octanol–water partition coefficient (Wildman–Crippen LogP) is 4.64. The van der Waals surface area contributed by atoms with Crippen molar-refractivity contribution >= 4 is 0 Å². The molecule has 0 saturated carbocycles. The normalized spacial score (nSPS) is 13.8. The van der Waals surface area contributed by atoms with E-state index in [-0.39, 0.29) is 0 Å². The van der Waals surface area contributed by atoms with Crippen LogP contribution in [0.4, 0.5) is 0 Å². The molecule has 0 aromatic rings. The van der Waals surface area contributed by atoms with Crippen LogP contribution in [0.15, 0.2) is 0 Å². The van der Waals surface area contributed by atoms with Crippen LogP contribution in [0.25, 0.3) is 0 Å². The summed E-state index contributed by atoms with van der Waals surface area (Å²) in [6, 6.07) is 0. The van der Waals surface area contributed by atoms with Crippen LogP contribution in [-0.2, 0) is 0 Å². The van der Waals surface area contributed by atoms with Crippen LogP contribution >= 0.6 is 0 Å². The van der Waals surface area contributed by atoms with Gasteiger partial charge < -0.3 is 0 Å². The SMILES string of the molecule is CCCCCC(C)C(CC)CC. The van der Waals surface area contributed by atoms with Crippen molar-refractivity contribution in [3.8, 4) is 0 Å². The molecule has 0 rings (SSSR count). The molecule has 1 unspecified atom stereocenters. The molecule has 1 atom stereocenters. The summed E-state index contributed by atoms with van der Waals surface area (Å²) in [5, 5.41) is 0. The highest BCUT2D eigenvalue weighted by molar-refractivity contribution is 4.63. The Morgan fingerprint density at radius 2 is 1.50 bits per heavy atom. The molecule has 0 amide bonds. The van der Waals surface area contributed by atoms with Gasteiger partial charge in [-0.3, -0.25) is 0 Å². The fraction of sp³-hybridized carbons (Fsp3) is 1.00. The Labute approximate surface area is 78.8 Å². The Morgan fingerprint density at radius 3 is 1.92 bits per heavy atom. The zero-order valence-electron chi connectivity index (χ0n) is 9.40. The van der Waals surface area contributed by atoms with Crippen LogP contribution in [0.3, 0.4) is 0 Å². The van der Waals surface area contributed by atoms with Crippen molar-refractivity contribution in [1.82, 2.24) is 0 Å². The highest BCUT2D eigenvalue weighted by Crippen LogP contribution is 2.23. The first kappa shape index (κ1) is 12.0. The molecule has 0 nitrogen and oxygen atoms in total. The van der Waals surface area contributed by atoms with E-state index in [1.54, 1.807) is 0 Å². The summed E-state index contributed by atoms with van der Waals surface area (Å²) in [4.78, 5) is 0. The molecule has 0 heterocycles. The van der Waals surface area contributed by atoms with Crippen LogP contribution in [0.2, 0.25) is 0 Å². The lowest BCUT2D eigenvalue weighted by atomic mass is 9.86. The first-order valence-corrected chi connectivity index (χ1v) is 5.76. The summed E-state index contributed by atoms with van der Waals surface area (Å²) < 4.78 is 0. The maximum absolute atomic E-state index is 2.42. The molecule has 0 bridgehead atoms. The van der Waals surface area contributed by atoms with Crippen LogP contribution in [0.5, 0.6) is 0 Å². The minimum Gasteiger partial charge on any atom is -0.0654 e. The monoisotopic (exact) mass is 170 g/mol. The van der Waals surface area contributed by atoms with Crippen molar-refractivity contribution in [2.24, 2.45) is 11.8 Å². The van der Waals surface area contributed by atoms with Crippen molar-refractivity contribution in [3.63, 3.8) is 0 Å². The van der Waals surface area contributed by atoms with Crippen LogP contribution in [0.1, 0.15) is 66.2 Å². The average molecular weight is 170 g/mol. The van der Waals surface area contributed by atoms with E-state index in [0.29, 0.717) is 0 Å². The van der Waals surface area contributed by atoms with E-state index in [1.165, 1.54) is 38.5 Å². The summed E-state index contributed by atoms with van der Waals surface area (Å²) in [5.74, 6) is 1.92. The average Bonchev–Trinajstić information content (AvgIpc) is 2.07. The molecule has 0 aliphatic heterocycles. The molecule has 0 heteroatoms. The Morgan fingerprint density at radius 1 is 0.917 bits per heavy atom. The maximum atomic E-state index is 2.42. The topological polar surface area (TPSA) is 0 Å². The van der Waals surface area contributed by atoms with Crippen molar-refractivity contribution in [2.45, 2.75) is 66.2 Å². The summed E-state index contributed by atoms with van der Waals surface area (Å²) in [6.45, 7) is 9.35. The number of hydrogen-bond donors (Lipinski definition) is 0. The van der Waals surface area contributed by atoms with Gasteiger partial charge in [0, 0.05) is 0 Å². The van der Waals surface area contributed by atoms with Gasteiger partial charge in [-0.05, 0) is 11.8 Å². The smallest absolute Gasteiger partial charge is 0.0394 e. The van der Waals surface area contributed by atoms with Crippen LogP contribution < -0.4 is 0 Å². The molecule has 0 radical (unpaired) electrons. The predicted molar refractivity (Wildman–Crippen MR) is 57.4 cm³/mol. The van der Waals surface area contributed by atoms with E-state index < -0.39 is 0 Å². The van der Waals surface area contributed by atoms with E-state index in [4.69, 9.17) is 0 Å². The standard InChI is InChI=1S/C12H26/c1-5-8-9-10-11(4)12(6-2)7-3/h11-12H,5-10H2,1-4H3. The van der Waals surface area contributed by atoms with Gasteiger partial charge in [0.2, 0.25) is 0 Å². The molecule has 0 aromatic carbocycles. The maximum Gasteiger partial charge on any atom is -0.0394 e. The molecule has 12 heavy (non-hydrogen) atoms. The number of hydrogen-bond acceptors (Lipinski definition) is 0. The largest absolute Gasteiger partial charge is 0.0654 e. The summed E-state index contributed by atoms with van der Waals surface area (Å²) in [5.41, 5.74) is 0. The van der Waals surface area contributed by atoms with Gasteiger partial charge in [0.15, 0.2) is 0 Å². The Hall–Kier alpha value is 0. The molecule has 74 valence electrons. The molecule has 0 fully saturated rings. The molecule has 0 N–H and O–H groups in total. The first-order valence-electron chi connectivity index (χ1n) is 5.76. The Kier molecular flexibility index (Phi) is 7.64. The van der Waals surface area contributed by atoms with Crippen molar-refractivity contribution in [2.75, 3.05) is 0 Å². The zero-order valence-corrected chi connectivity index (χ0v) is 9.40. The van der Waals surface area contributed by atoms with Gasteiger partial charge >= 0.3 is 0 Å². The minimum atomic E-state index is 0.951. The minimum absolute atomic E-state index is 0.951. The highest BCUT2D eigenvalue weighted by Gasteiger charge is 2.12. The molecule has 0 aliphatic rings. The second kappa shape index (κ2) is 7.64. The zero-order chi connectivity index (χ0) is 9.40.